The van der Waals surface area contributed by atoms with Gasteiger partial charge in [-0.05, 0) is 26.0 Å². The number of rotatable bonds is 3. The van der Waals surface area contributed by atoms with Crippen LogP contribution in [0.1, 0.15) is 12.5 Å². The van der Waals surface area contributed by atoms with E-state index in [1.165, 1.54) is 4.90 Å². The quantitative estimate of drug-likeness (QED) is 0.831. The number of carboxylic acid groups (broad SMARTS) is 1. The van der Waals surface area contributed by atoms with Gasteiger partial charge in [0.25, 0.3) is 5.91 Å². The maximum absolute atomic E-state index is 12.1. The highest BCUT2D eigenvalue weighted by Gasteiger charge is 2.43. The predicted octanol–water partition coefficient (Wildman–Crippen LogP) is 1.24. The number of carbonyl (C=O) groups excluding carboxylic acids is 2. The van der Waals surface area contributed by atoms with Gasteiger partial charge >= 0.3 is 12.0 Å². The van der Waals surface area contributed by atoms with E-state index in [4.69, 9.17) is 5.11 Å². The lowest BCUT2D eigenvalue weighted by Crippen LogP contribution is -2.36. The molecule has 3 amide bonds. The summed E-state index contributed by atoms with van der Waals surface area (Å²) >= 11 is 0. The van der Waals surface area contributed by atoms with Gasteiger partial charge in [0.15, 0.2) is 0 Å². The molecule has 0 bridgehead atoms. The molecule has 1 atom stereocenters. The second-order valence-electron chi connectivity index (χ2n) is 4.48. The number of imide groups is 1. The fraction of sp³-hybridized carbons (Fsp3) is 0.308. The lowest BCUT2D eigenvalue weighted by Gasteiger charge is -2.19. The highest BCUT2D eigenvalue weighted by atomic mass is 16.4. The van der Waals surface area contributed by atoms with E-state index in [-0.39, 0.29) is 0 Å². The topological polar surface area (TPSA) is 77.9 Å². The van der Waals surface area contributed by atoms with Gasteiger partial charge in [-0.2, -0.15) is 0 Å². The molecule has 0 radical (unpaired) electrons. The van der Waals surface area contributed by atoms with Crippen LogP contribution >= 0.6 is 0 Å². The predicted molar refractivity (Wildman–Crippen MR) is 67.9 cm³/mol. The first-order chi connectivity index (χ1) is 8.91. The van der Waals surface area contributed by atoms with Gasteiger partial charge in [0, 0.05) is 5.69 Å². The molecule has 19 heavy (non-hydrogen) atoms. The molecule has 1 aliphatic heterocycles. The second-order valence-corrected chi connectivity index (χ2v) is 4.48. The van der Waals surface area contributed by atoms with Gasteiger partial charge in [0.05, 0.1) is 0 Å². The Labute approximate surface area is 110 Å². The average molecular weight is 262 g/mol. The second kappa shape index (κ2) is 4.72. The zero-order valence-corrected chi connectivity index (χ0v) is 10.7. The van der Waals surface area contributed by atoms with E-state index in [1.54, 1.807) is 19.1 Å². The number of hydrogen-bond donors (Lipinski definition) is 1. The van der Waals surface area contributed by atoms with Crippen molar-refractivity contribution in [2.24, 2.45) is 0 Å². The average Bonchev–Trinajstić information content (AvgIpc) is 2.55. The Bertz CT molecular complexity index is 538. The van der Waals surface area contributed by atoms with Gasteiger partial charge in [-0.1, -0.05) is 17.7 Å². The van der Waals surface area contributed by atoms with Crippen LogP contribution in [-0.2, 0) is 9.59 Å². The first-order valence-electron chi connectivity index (χ1n) is 5.85. The number of carbonyl (C=O) groups is 3. The van der Waals surface area contributed by atoms with Gasteiger partial charge in [0.1, 0.15) is 12.6 Å². The Kier molecular flexibility index (Phi) is 3.25. The molecule has 1 aromatic carbocycles. The van der Waals surface area contributed by atoms with Crippen molar-refractivity contribution in [3.05, 3.63) is 29.8 Å². The van der Waals surface area contributed by atoms with Crippen molar-refractivity contribution in [2.75, 3.05) is 11.4 Å². The summed E-state index contributed by atoms with van der Waals surface area (Å²) in [5.41, 5.74) is 1.63. The molecule has 1 saturated heterocycles. The minimum Gasteiger partial charge on any atom is -0.480 e. The van der Waals surface area contributed by atoms with Crippen molar-refractivity contribution in [3.63, 3.8) is 0 Å². The van der Waals surface area contributed by atoms with Crippen molar-refractivity contribution < 1.29 is 19.5 Å². The summed E-state index contributed by atoms with van der Waals surface area (Å²) in [5, 5.41) is 8.72. The molecule has 1 N–H and O–H groups in total. The number of amides is 3. The molecular weight excluding hydrogens is 248 g/mol. The fourth-order valence-electron chi connectivity index (χ4n) is 2.05. The van der Waals surface area contributed by atoms with Gasteiger partial charge in [0.2, 0.25) is 0 Å². The molecule has 6 nitrogen and oxygen atoms in total. The normalized spacial score (nSPS) is 19.2. The Balaban J connectivity index is 2.32. The summed E-state index contributed by atoms with van der Waals surface area (Å²) in [6.07, 6.45) is 0. The van der Waals surface area contributed by atoms with E-state index < -0.39 is 30.5 Å². The Morgan fingerprint density at radius 1 is 1.26 bits per heavy atom. The number of aliphatic carboxylic acids is 1. The molecule has 0 aliphatic carbocycles. The Morgan fingerprint density at radius 2 is 1.84 bits per heavy atom. The van der Waals surface area contributed by atoms with Crippen LogP contribution in [0.3, 0.4) is 0 Å². The van der Waals surface area contributed by atoms with Crippen LogP contribution < -0.4 is 4.90 Å². The Morgan fingerprint density at radius 3 is 2.37 bits per heavy atom. The van der Waals surface area contributed by atoms with Crippen molar-refractivity contribution in [3.8, 4) is 0 Å². The van der Waals surface area contributed by atoms with Crippen LogP contribution in [0.5, 0.6) is 0 Å². The third kappa shape index (κ3) is 2.29. The van der Waals surface area contributed by atoms with Crippen molar-refractivity contribution in [1.29, 1.82) is 0 Å². The van der Waals surface area contributed by atoms with Crippen LogP contribution in [0.2, 0.25) is 0 Å². The minimum absolute atomic E-state index is 0.493. The van der Waals surface area contributed by atoms with E-state index in [0.29, 0.717) is 5.69 Å². The van der Waals surface area contributed by atoms with E-state index >= 15 is 0 Å². The maximum Gasteiger partial charge on any atom is 0.332 e. The molecular formula is C13H14N2O4. The summed E-state index contributed by atoms with van der Waals surface area (Å²) < 4.78 is 0. The number of urea groups is 1. The SMILES string of the molecule is Cc1ccc(N2C(=O)N(CC(=O)O)C(=O)[C@H]2C)cc1. The summed E-state index contributed by atoms with van der Waals surface area (Å²) in [4.78, 5) is 36.8. The number of hydrogen-bond acceptors (Lipinski definition) is 3. The van der Waals surface area contributed by atoms with Crippen LogP contribution in [0.4, 0.5) is 10.5 Å². The van der Waals surface area contributed by atoms with Gasteiger partial charge < -0.3 is 5.11 Å². The zero-order chi connectivity index (χ0) is 14.2. The van der Waals surface area contributed by atoms with E-state index in [9.17, 15) is 14.4 Å². The van der Waals surface area contributed by atoms with Crippen molar-refractivity contribution in [2.45, 2.75) is 19.9 Å². The van der Waals surface area contributed by atoms with E-state index in [1.807, 2.05) is 19.1 Å². The lowest BCUT2D eigenvalue weighted by molar-refractivity contribution is -0.141. The van der Waals surface area contributed by atoms with Gasteiger partial charge in [-0.3, -0.25) is 19.4 Å². The first kappa shape index (κ1) is 13.1. The van der Waals surface area contributed by atoms with Crippen molar-refractivity contribution >= 4 is 23.6 Å². The molecule has 1 aromatic rings. The third-order valence-corrected chi connectivity index (χ3v) is 3.05. The van der Waals surface area contributed by atoms with Crippen LogP contribution in [0.25, 0.3) is 0 Å². The summed E-state index contributed by atoms with van der Waals surface area (Å²) in [6, 6.07) is 5.86. The molecule has 0 aromatic heterocycles. The van der Waals surface area contributed by atoms with Crippen LogP contribution in [-0.4, -0.2) is 40.5 Å². The molecule has 100 valence electrons. The molecule has 0 unspecified atom stereocenters. The van der Waals surface area contributed by atoms with Gasteiger partial charge in [-0.25, -0.2) is 4.79 Å². The molecule has 2 rings (SSSR count). The molecule has 6 heteroatoms. The molecule has 0 spiro atoms. The highest BCUT2D eigenvalue weighted by molar-refractivity contribution is 6.15. The minimum atomic E-state index is -1.21. The molecule has 1 fully saturated rings. The van der Waals surface area contributed by atoms with E-state index in [0.717, 1.165) is 10.5 Å². The third-order valence-electron chi connectivity index (χ3n) is 3.05. The molecule has 1 aliphatic rings. The van der Waals surface area contributed by atoms with Crippen LogP contribution in [0.15, 0.2) is 24.3 Å². The fourth-order valence-corrected chi connectivity index (χ4v) is 2.05. The maximum atomic E-state index is 12.1. The zero-order valence-electron chi connectivity index (χ0n) is 10.7. The number of nitrogens with zero attached hydrogens (tertiary/aromatic N) is 2. The van der Waals surface area contributed by atoms with Crippen molar-refractivity contribution in [1.82, 2.24) is 4.90 Å². The number of anilines is 1. The Hall–Kier alpha value is -2.37. The highest BCUT2D eigenvalue weighted by Crippen LogP contribution is 2.25. The summed E-state index contributed by atoms with van der Waals surface area (Å²) in [7, 11) is 0. The van der Waals surface area contributed by atoms with Crippen LogP contribution in [0, 0.1) is 6.92 Å². The standard InChI is InChI=1S/C13H14N2O4/c1-8-3-5-10(6-4-8)15-9(2)12(18)14(13(15)19)7-11(16)17/h3-6,9H,7H2,1-2H3,(H,16,17)/t9-/m1/s1. The van der Waals surface area contributed by atoms with E-state index in [2.05, 4.69) is 0 Å². The molecule has 1 heterocycles. The molecule has 0 saturated carbocycles. The first-order valence-corrected chi connectivity index (χ1v) is 5.85. The largest absolute Gasteiger partial charge is 0.480 e. The van der Waals surface area contributed by atoms with Gasteiger partial charge in [-0.15, -0.1) is 0 Å². The monoisotopic (exact) mass is 262 g/mol. The lowest BCUT2D eigenvalue weighted by atomic mass is 10.2. The number of aryl methyl sites for hydroxylation is 1. The number of benzene rings is 1. The summed E-state index contributed by atoms with van der Waals surface area (Å²) in [5.74, 6) is -1.70. The number of carboxylic acids is 1. The smallest absolute Gasteiger partial charge is 0.332 e. The summed E-state index contributed by atoms with van der Waals surface area (Å²) in [6.45, 7) is 2.90.